The lowest BCUT2D eigenvalue weighted by Crippen LogP contribution is -2.60. The van der Waals surface area contributed by atoms with Gasteiger partial charge in [-0.15, -0.1) is 0 Å². The van der Waals surface area contributed by atoms with Crippen LogP contribution in [-0.4, -0.2) is 85.9 Å². The quantitative estimate of drug-likeness (QED) is 0.167. The van der Waals surface area contributed by atoms with E-state index < -0.39 is 71.8 Å². The number of hydrogen-bond donors (Lipinski definition) is 7. The Morgan fingerprint density at radius 3 is 1.80 bits per heavy atom. The summed E-state index contributed by atoms with van der Waals surface area (Å²) in [4.78, 5) is 66.6. The van der Waals surface area contributed by atoms with Gasteiger partial charge in [0.15, 0.2) is 5.60 Å². The molecule has 1 aliphatic carbocycles. The highest BCUT2D eigenvalue weighted by atomic mass is 16.5. The molecule has 200 valence electrons. The number of rotatable bonds is 11. The van der Waals surface area contributed by atoms with E-state index in [1.807, 2.05) is 0 Å². The van der Waals surface area contributed by atoms with Crippen LogP contribution in [0.4, 0.5) is 0 Å². The van der Waals surface area contributed by atoms with Gasteiger partial charge in [0.05, 0.1) is 25.5 Å². The van der Waals surface area contributed by atoms with E-state index in [1.165, 1.54) is 0 Å². The SMILES string of the molecule is CCOC(=O)C1(NC(=O)[C@H](C)NC(=O)[C@H](C)N)CCCCC1.O=C(O)CC(O)(CC(=O)O)C(=O)O. The summed E-state index contributed by atoms with van der Waals surface area (Å²) in [6.07, 6.45) is 1.59. The molecule has 2 amide bonds. The zero-order valence-corrected chi connectivity index (χ0v) is 20.0. The third-order valence-corrected chi connectivity index (χ3v) is 5.19. The number of aliphatic carboxylic acids is 3. The zero-order valence-electron chi connectivity index (χ0n) is 20.0. The highest BCUT2D eigenvalue weighted by Crippen LogP contribution is 2.29. The molecule has 14 heteroatoms. The average Bonchev–Trinajstić information content (AvgIpc) is 2.73. The molecule has 1 fully saturated rings. The van der Waals surface area contributed by atoms with Crippen molar-refractivity contribution in [1.29, 1.82) is 0 Å². The van der Waals surface area contributed by atoms with Crippen molar-refractivity contribution in [2.45, 2.75) is 88.9 Å². The topological polar surface area (TPSA) is 243 Å². The number of amides is 2. The van der Waals surface area contributed by atoms with Crippen LogP contribution >= 0.6 is 0 Å². The maximum atomic E-state index is 12.3. The summed E-state index contributed by atoms with van der Waals surface area (Å²) in [6.45, 7) is 5.12. The van der Waals surface area contributed by atoms with Crippen LogP contribution in [0.5, 0.6) is 0 Å². The first-order valence-corrected chi connectivity index (χ1v) is 11.0. The second-order valence-electron chi connectivity index (χ2n) is 8.35. The van der Waals surface area contributed by atoms with Crippen LogP contribution in [0.2, 0.25) is 0 Å². The molecule has 0 saturated heterocycles. The number of nitrogens with one attached hydrogen (secondary N) is 2. The van der Waals surface area contributed by atoms with Gasteiger partial charge >= 0.3 is 23.9 Å². The standard InChI is InChI=1S/C15H27N3O4.C6H8O7/c1-4-22-14(21)15(8-6-5-7-9-15)18-13(20)11(3)17-12(19)10(2)16;7-3(8)1-6(13,5(11)12)2-4(9)10/h10-11H,4-9,16H2,1-3H3,(H,17,19)(H,18,20);13H,1-2H2,(H,7,8)(H,9,10)(H,11,12)/t10-,11-;/m0./s1. The fourth-order valence-corrected chi connectivity index (χ4v) is 3.27. The Bertz CT molecular complexity index is 775. The van der Waals surface area contributed by atoms with Gasteiger partial charge in [-0.05, 0) is 33.6 Å². The Morgan fingerprint density at radius 2 is 1.43 bits per heavy atom. The molecule has 14 nitrogen and oxygen atoms in total. The van der Waals surface area contributed by atoms with Crippen molar-refractivity contribution in [3.05, 3.63) is 0 Å². The van der Waals surface area contributed by atoms with Crippen molar-refractivity contribution in [1.82, 2.24) is 10.6 Å². The molecule has 1 aliphatic rings. The van der Waals surface area contributed by atoms with Crippen molar-refractivity contribution < 1.29 is 53.9 Å². The Balaban J connectivity index is 0.000000761. The van der Waals surface area contributed by atoms with Gasteiger partial charge < -0.3 is 41.5 Å². The molecular weight excluding hydrogens is 470 g/mol. The van der Waals surface area contributed by atoms with E-state index in [1.54, 1.807) is 20.8 Å². The molecular formula is C21H35N3O11. The third-order valence-electron chi connectivity index (χ3n) is 5.19. The molecule has 0 unspecified atom stereocenters. The highest BCUT2D eigenvalue weighted by molar-refractivity contribution is 5.93. The van der Waals surface area contributed by atoms with Gasteiger partial charge in [-0.1, -0.05) is 19.3 Å². The Hall–Kier alpha value is -3.26. The number of esters is 1. The number of ether oxygens (including phenoxy) is 1. The van der Waals surface area contributed by atoms with Crippen LogP contribution in [0.25, 0.3) is 0 Å². The molecule has 2 atom stereocenters. The first kappa shape index (κ1) is 31.7. The first-order chi connectivity index (χ1) is 16.1. The lowest BCUT2D eigenvalue weighted by molar-refractivity contribution is -0.170. The van der Waals surface area contributed by atoms with E-state index in [0.717, 1.165) is 19.3 Å². The van der Waals surface area contributed by atoms with Crippen molar-refractivity contribution in [2.75, 3.05) is 6.61 Å². The van der Waals surface area contributed by atoms with Gasteiger partial charge in [0, 0.05) is 0 Å². The molecule has 0 aromatic heterocycles. The molecule has 0 aromatic rings. The minimum absolute atomic E-state index is 0.271. The average molecular weight is 506 g/mol. The predicted octanol–water partition coefficient (Wildman–Crippen LogP) is -1.03. The van der Waals surface area contributed by atoms with E-state index in [-0.39, 0.29) is 6.61 Å². The van der Waals surface area contributed by atoms with Crippen LogP contribution in [0.1, 0.15) is 65.7 Å². The second-order valence-corrected chi connectivity index (χ2v) is 8.35. The minimum atomic E-state index is -2.74. The van der Waals surface area contributed by atoms with E-state index in [9.17, 15) is 28.8 Å². The highest BCUT2D eigenvalue weighted by Gasteiger charge is 2.43. The fourth-order valence-electron chi connectivity index (χ4n) is 3.27. The number of carboxylic acid groups (broad SMARTS) is 3. The molecule has 0 bridgehead atoms. The van der Waals surface area contributed by atoms with Crippen molar-refractivity contribution in [3.63, 3.8) is 0 Å². The molecule has 1 rings (SSSR count). The fraction of sp³-hybridized carbons (Fsp3) is 0.714. The molecule has 0 aromatic carbocycles. The molecule has 1 saturated carbocycles. The maximum absolute atomic E-state index is 12.3. The smallest absolute Gasteiger partial charge is 0.336 e. The Labute approximate surface area is 202 Å². The second kappa shape index (κ2) is 14.2. The van der Waals surface area contributed by atoms with Crippen LogP contribution < -0.4 is 16.4 Å². The third kappa shape index (κ3) is 10.7. The van der Waals surface area contributed by atoms with Crippen LogP contribution in [0, 0.1) is 0 Å². The van der Waals surface area contributed by atoms with Gasteiger partial charge in [0.2, 0.25) is 11.8 Å². The van der Waals surface area contributed by atoms with Crippen molar-refractivity contribution in [2.24, 2.45) is 5.73 Å². The van der Waals surface area contributed by atoms with Gasteiger partial charge in [0.1, 0.15) is 11.6 Å². The van der Waals surface area contributed by atoms with Gasteiger partial charge in [-0.25, -0.2) is 9.59 Å². The summed E-state index contributed by atoms with van der Waals surface area (Å²) in [5.41, 5.74) is 1.75. The molecule has 0 radical (unpaired) electrons. The van der Waals surface area contributed by atoms with E-state index in [0.29, 0.717) is 12.8 Å². The monoisotopic (exact) mass is 505 g/mol. The summed E-state index contributed by atoms with van der Waals surface area (Å²) >= 11 is 0. The zero-order chi connectivity index (χ0) is 27.4. The minimum Gasteiger partial charge on any atom is -0.481 e. The number of nitrogens with two attached hydrogens (primary N) is 1. The molecule has 0 spiro atoms. The largest absolute Gasteiger partial charge is 0.481 e. The summed E-state index contributed by atoms with van der Waals surface area (Å²) in [7, 11) is 0. The van der Waals surface area contributed by atoms with Crippen LogP contribution in [0.3, 0.4) is 0 Å². The summed E-state index contributed by atoms with van der Waals surface area (Å²) in [5.74, 6) is -6.22. The van der Waals surface area contributed by atoms with Crippen LogP contribution in [-0.2, 0) is 33.5 Å². The van der Waals surface area contributed by atoms with E-state index in [2.05, 4.69) is 10.6 Å². The van der Waals surface area contributed by atoms with Crippen LogP contribution in [0.15, 0.2) is 0 Å². The lowest BCUT2D eigenvalue weighted by atomic mass is 9.81. The molecule has 8 N–H and O–H groups in total. The lowest BCUT2D eigenvalue weighted by Gasteiger charge is -2.36. The Morgan fingerprint density at radius 1 is 0.943 bits per heavy atom. The van der Waals surface area contributed by atoms with Crippen molar-refractivity contribution >= 4 is 35.7 Å². The molecule has 0 aliphatic heterocycles. The number of carboxylic acids is 3. The summed E-state index contributed by atoms with van der Waals surface area (Å²) in [6, 6.07) is -1.45. The van der Waals surface area contributed by atoms with Gasteiger partial charge in [-0.2, -0.15) is 0 Å². The Kier molecular flexibility index (Phi) is 12.9. The summed E-state index contributed by atoms with van der Waals surface area (Å²) < 4.78 is 5.12. The first-order valence-electron chi connectivity index (χ1n) is 11.0. The summed E-state index contributed by atoms with van der Waals surface area (Å²) in [5, 5.41) is 39.1. The van der Waals surface area contributed by atoms with Crippen molar-refractivity contribution in [3.8, 4) is 0 Å². The normalized spacial score (nSPS) is 16.4. The van der Waals surface area contributed by atoms with E-state index in [4.69, 9.17) is 30.9 Å². The van der Waals surface area contributed by atoms with Gasteiger partial charge in [0.25, 0.3) is 0 Å². The predicted molar refractivity (Wildman–Crippen MR) is 119 cm³/mol. The molecule has 35 heavy (non-hydrogen) atoms. The van der Waals surface area contributed by atoms with E-state index >= 15 is 0 Å². The number of carbonyl (C=O) groups is 6. The molecule has 0 heterocycles. The maximum Gasteiger partial charge on any atom is 0.336 e. The van der Waals surface area contributed by atoms with Gasteiger partial charge in [-0.3, -0.25) is 19.2 Å². The number of hydrogen-bond acceptors (Lipinski definition) is 9. The number of aliphatic hydroxyl groups is 1. The number of carbonyl (C=O) groups excluding carboxylic acids is 3.